The van der Waals surface area contributed by atoms with Gasteiger partial charge in [0.2, 0.25) is 9.84 Å². The summed E-state index contributed by atoms with van der Waals surface area (Å²) in [5.41, 5.74) is 1.14. The maximum Gasteiger partial charge on any atom is 0.324 e. The fraction of sp³-hybridized carbons (Fsp3) is 0.522. The first-order chi connectivity index (χ1) is 15.5. The van der Waals surface area contributed by atoms with Crippen LogP contribution in [0.25, 0.3) is 0 Å². The van der Waals surface area contributed by atoms with Gasteiger partial charge in [0.25, 0.3) is 0 Å². The molecule has 0 aliphatic heterocycles. The maximum atomic E-state index is 13.2. The normalized spacial score (nSPS) is 19.1. The number of aromatic nitrogens is 1. The lowest BCUT2D eigenvalue weighted by Crippen LogP contribution is -2.45. The summed E-state index contributed by atoms with van der Waals surface area (Å²) >= 11 is 0.770. The average Bonchev–Trinajstić information content (AvgIpc) is 3.25. The number of carboxylic acids is 1. The molecule has 2 amide bonds. The van der Waals surface area contributed by atoms with Crippen LogP contribution in [0.3, 0.4) is 0 Å². The van der Waals surface area contributed by atoms with E-state index in [1.54, 1.807) is 0 Å². The number of aliphatic carboxylic acids is 1. The van der Waals surface area contributed by atoms with Crippen molar-refractivity contribution in [2.24, 2.45) is 5.92 Å². The van der Waals surface area contributed by atoms with Gasteiger partial charge in [-0.15, -0.1) is 0 Å². The monoisotopic (exact) mass is 493 g/mol. The van der Waals surface area contributed by atoms with Crippen molar-refractivity contribution in [1.82, 2.24) is 9.88 Å². The number of urea groups is 1. The smallest absolute Gasteiger partial charge is 0.324 e. The molecule has 0 radical (unpaired) electrons. The summed E-state index contributed by atoms with van der Waals surface area (Å²) in [5.74, 6) is -0.801. The number of sulfone groups is 1. The lowest BCUT2D eigenvalue weighted by molar-refractivity contribution is -0.139. The Bertz CT molecular complexity index is 1070. The Balaban J connectivity index is 1.76. The molecule has 0 bridgehead atoms. The van der Waals surface area contributed by atoms with Gasteiger partial charge in [-0.3, -0.25) is 10.1 Å². The molecule has 0 atom stereocenters. The molecule has 33 heavy (non-hydrogen) atoms. The molecule has 8 nitrogen and oxygen atoms in total. The molecular weight excluding hydrogens is 462 g/mol. The lowest BCUT2D eigenvalue weighted by atomic mass is 9.86. The van der Waals surface area contributed by atoms with Crippen LogP contribution in [0.1, 0.15) is 52.0 Å². The van der Waals surface area contributed by atoms with Gasteiger partial charge in [-0.2, -0.15) is 0 Å². The van der Waals surface area contributed by atoms with E-state index in [0.717, 1.165) is 62.6 Å². The number of hydrogen-bond acceptors (Lipinski definition) is 6. The number of thiazole rings is 1. The van der Waals surface area contributed by atoms with Crippen molar-refractivity contribution in [2.75, 3.05) is 11.9 Å². The van der Waals surface area contributed by atoms with Crippen LogP contribution in [0.4, 0.5) is 9.93 Å². The van der Waals surface area contributed by atoms with Gasteiger partial charge in [-0.25, -0.2) is 18.2 Å². The molecule has 3 rings (SSSR count). The number of rotatable bonds is 8. The molecule has 10 heteroatoms. The number of carbonyl (C=O) groups excluding carboxylic acids is 1. The first kappa shape index (κ1) is 25.2. The van der Waals surface area contributed by atoms with Crippen molar-refractivity contribution in [1.29, 1.82) is 0 Å². The summed E-state index contributed by atoms with van der Waals surface area (Å²) in [5, 5.41) is 12.2. The molecule has 1 aromatic heterocycles. The van der Waals surface area contributed by atoms with Gasteiger partial charge < -0.3 is 10.0 Å². The summed E-state index contributed by atoms with van der Waals surface area (Å²) in [6, 6.07) is 9.75. The minimum absolute atomic E-state index is 0.110. The predicted molar refractivity (Wildman–Crippen MR) is 128 cm³/mol. The van der Waals surface area contributed by atoms with Crippen molar-refractivity contribution in [3.8, 4) is 0 Å². The van der Waals surface area contributed by atoms with Gasteiger partial charge in [0, 0.05) is 12.6 Å². The van der Waals surface area contributed by atoms with Gasteiger partial charge in [0.05, 0.1) is 6.20 Å². The molecular formula is C23H31N3O5S2. The molecule has 1 saturated carbocycles. The molecule has 2 N–H and O–H groups in total. The average molecular weight is 494 g/mol. The highest BCUT2D eigenvalue weighted by Gasteiger charge is 2.44. The van der Waals surface area contributed by atoms with E-state index in [1.807, 2.05) is 35.2 Å². The van der Waals surface area contributed by atoms with E-state index in [9.17, 15) is 23.1 Å². The third-order valence-corrected chi connectivity index (χ3v) is 10.1. The van der Waals surface area contributed by atoms with E-state index in [0.29, 0.717) is 18.9 Å². The number of benzene rings is 1. The summed E-state index contributed by atoms with van der Waals surface area (Å²) in [4.78, 5) is 30.5. The van der Waals surface area contributed by atoms with Crippen molar-refractivity contribution in [3.05, 3.63) is 42.1 Å². The van der Waals surface area contributed by atoms with E-state index in [2.05, 4.69) is 17.2 Å². The zero-order valence-corrected chi connectivity index (χ0v) is 20.8. The Hall–Kier alpha value is -2.46. The second kappa shape index (κ2) is 10.2. The van der Waals surface area contributed by atoms with Crippen LogP contribution < -0.4 is 5.32 Å². The molecule has 1 aliphatic rings. The standard InChI is InChI=1S/C23H31N3O5S2/c1-16-9-11-18(12-10-16)26(14-13-17-7-5-4-6-8-17)22(29)25-21-24-15-19(32-21)33(30,31)23(2,3)20(27)28/h4-8,15-16,18H,9-14H2,1-3H3,(H,27,28)(H,24,25,29). The molecule has 0 saturated heterocycles. The minimum atomic E-state index is -4.15. The van der Waals surface area contributed by atoms with Gasteiger partial charge in [0.15, 0.2) is 9.88 Å². The third kappa shape index (κ3) is 5.73. The van der Waals surface area contributed by atoms with E-state index in [4.69, 9.17) is 0 Å². The van der Waals surface area contributed by atoms with Crippen LogP contribution >= 0.6 is 11.3 Å². The number of amides is 2. The Morgan fingerprint density at radius 1 is 1.18 bits per heavy atom. The van der Waals surface area contributed by atoms with Crippen molar-refractivity contribution < 1.29 is 23.1 Å². The quantitative estimate of drug-likeness (QED) is 0.562. The largest absolute Gasteiger partial charge is 0.480 e. The highest BCUT2D eigenvalue weighted by molar-refractivity contribution is 7.95. The molecule has 0 spiro atoms. The van der Waals surface area contributed by atoms with Crippen molar-refractivity contribution in [3.63, 3.8) is 0 Å². The number of carboxylic acid groups (broad SMARTS) is 1. The third-order valence-electron chi connectivity index (χ3n) is 6.32. The first-order valence-corrected chi connectivity index (χ1v) is 13.4. The fourth-order valence-electron chi connectivity index (χ4n) is 3.87. The van der Waals surface area contributed by atoms with E-state index >= 15 is 0 Å². The predicted octanol–water partition coefficient (Wildman–Crippen LogP) is 4.44. The molecule has 1 aromatic carbocycles. The molecule has 1 fully saturated rings. The van der Waals surface area contributed by atoms with E-state index in [-0.39, 0.29) is 21.4 Å². The molecule has 1 heterocycles. The van der Waals surface area contributed by atoms with E-state index in [1.165, 1.54) is 0 Å². The first-order valence-electron chi connectivity index (χ1n) is 11.1. The number of nitrogens with one attached hydrogen (secondary N) is 1. The Morgan fingerprint density at radius 2 is 1.82 bits per heavy atom. The topological polar surface area (TPSA) is 117 Å². The highest BCUT2D eigenvalue weighted by Crippen LogP contribution is 2.32. The van der Waals surface area contributed by atoms with Crippen molar-refractivity contribution >= 4 is 38.3 Å². The summed E-state index contributed by atoms with van der Waals surface area (Å²) in [7, 11) is -4.15. The summed E-state index contributed by atoms with van der Waals surface area (Å²) in [6.45, 7) is 5.04. The number of carbonyl (C=O) groups is 2. The van der Waals surface area contributed by atoms with Gasteiger partial charge in [-0.1, -0.05) is 48.6 Å². The Kier molecular flexibility index (Phi) is 7.79. The summed E-state index contributed by atoms with van der Waals surface area (Å²) in [6.07, 6.45) is 5.79. The highest BCUT2D eigenvalue weighted by atomic mass is 32.2. The zero-order valence-electron chi connectivity index (χ0n) is 19.2. The van der Waals surface area contributed by atoms with Crippen LogP contribution in [0.2, 0.25) is 0 Å². The minimum Gasteiger partial charge on any atom is -0.480 e. The SMILES string of the molecule is CC1CCC(N(CCc2ccccc2)C(=O)Nc2ncc(S(=O)(=O)C(C)(C)C(=O)O)s2)CC1. The van der Waals surface area contributed by atoms with Crippen molar-refractivity contribution in [2.45, 2.75) is 67.9 Å². The number of hydrogen-bond donors (Lipinski definition) is 2. The van der Waals surface area contributed by atoms with Crippen LogP contribution in [-0.4, -0.2) is 52.7 Å². The second-order valence-corrected chi connectivity index (χ2v) is 12.8. The number of nitrogens with zero attached hydrogens (tertiary/aromatic N) is 2. The van der Waals surface area contributed by atoms with Crippen LogP contribution in [0.15, 0.2) is 40.7 Å². The summed E-state index contributed by atoms with van der Waals surface area (Å²) < 4.78 is 23.3. The fourth-order valence-corrected chi connectivity index (χ4v) is 6.63. The maximum absolute atomic E-state index is 13.2. The molecule has 0 unspecified atom stereocenters. The Morgan fingerprint density at radius 3 is 2.42 bits per heavy atom. The molecule has 2 aromatic rings. The van der Waals surface area contributed by atoms with Gasteiger partial charge >= 0.3 is 12.0 Å². The molecule has 180 valence electrons. The molecule has 1 aliphatic carbocycles. The van der Waals surface area contributed by atoms with Crippen LogP contribution in [0.5, 0.6) is 0 Å². The Labute approximate surface area is 199 Å². The van der Waals surface area contributed by atoms with Gasteiger partial charge in [0.1, 0.15) is 4.21 Å². The van der Waals surface area contributed by atoms with Crippen LogP contribution in [-0.2, 0) is 21.1 Å². The van der Waals surface area contributed by atoms with E-state index < -0.39 is 20.6 Å². The van der Waals surface area contributed by atoms with Crippen LogP contribution in [0, 0.1) is 5.92 Å². The lowest BCUT2D eigenvalue weighted by Gasteiger charge is -2.36. The second-order valence-electron chi connectivity index (χ2n) is 9.08. The van der Waals surface area contributed by atoms with Gasteiger partial charge in [-0.05, 0) is 57.4 Å². The zero-order chi connectivity index (χ0) is 24.2. The number of anilines is 1.